The Balaban J connectivity index is 1.83. The van der Waals surface area contributed by atoms with E-state index in [1.807, 2.05) is 24.3 Å². The molecule has 3 rings (SSSR count). The molecule has 1 atom stereocenters. The van der Waals surface area contributed by atoms with Crippen molar-refractivity contribution in [2.75, 3.05) is 24.5 Å². The van der Waals surface area contributed by atoms with Gasteiger partial charge in [-0.05, 0) is 43.4 Å². The summed E-state index contributed by atoms with van der Waals surface area (Å²) in [5.74, 6) is -0.586. The van der Waals surface area contributed by atoms with Crippen LogP contribution in [-0.4, -0.2) is 52.4 Å². The van der Waals surface area contributed by atoms with Gasteiger partial charge in [-0.1, -0.05) is 18.2 Å². The van der Waals surface area contributed by atoms with E-state index in [2.05, 4.69) is 4.90 Å². The predicted molar refractivity (Wildman–Crippen MR) is 93.5 cm³/mol. The van der Waals surface area contributed by atoms with E-state index in [-0.39, 0.29) is 5.54 Å². The molecule has 3 N–H and O–H groups in total. The Morgan fingerprint density at radius 2 is 1.96 bits per heavy atom. The fourth-order valence-corrected chi connectivity index (χ4v) is 4.00. The van der Waals surface area contributed by atoms with Crippen LogP contribution in [0.1, 0.15) is 31.2 Å². The van der Waals surface area contributed by atoms with Gasteiger partial charge in [-0.25, -0.2) is 10.3 Å². The molecule has 1 aromatic rings. The highest BCUT2D eigenvalue weighted by Gasteiger charge is 2.46. The molecule has 0 bridgehead atoms. The van der Waals surface area contributed by atoms with E-state index >= 15 is 0 Å². The van der Waals surface area contributed by atoms with Gasteiger partial charge in [0, 0.05) is 31.4 Å². The molecule has 2 heterocycles. The van der Waals surface area contributed by atoms with Gasteiger partial charge in [0.1, 0.15) is 0 Å². The molecule has 2 saturated heterocycles. The van der Waals surface area contributed by atoms with Crippen molar-refractivity contribution < 1.29 is 19.9 Å². The third-order valence-corrected chi connectivity index (χ3v) is 5.21. The van der Waals surface area contributed by atoms with Crippen LogP contribution in [0, 0.1) is 0 Å². The lowest BCUT2D eigenvalue weighted by Crippen LogP contribution is -2.55. The number of hydrogen-bond donors (Lipinski definition) is 3. The molecular formula is C18H23N3O4. The second-order valence-corrected chi connectivity index (χ2v) is 6.66. The van der Waals surface area contributed by atoms with Crippen molar-refractivity contribution in [1.29, 1.82) is 0 Å². The van der Waals surface area contributed by atoms with Crippen LogP contribution in [0.2, 0.25) is 0 Å². The standard InChI is InChI=1S/C18H23N3O4/c22-16(19-25)8-7-14-5-1-2-6-15(14)20-12-10-18(13-20)9-3-4-11-21(18)17(23)24/h1-2,5-8,25H,3-4,9-13H2,(H,19,22)(H,23,24). The van der Waals surface area contributed by atoms with Crippen molar-refractivity contribution in [3.8, 4) is 0 Å². The van der Waals surface area contributed by atoms with Crippen LogP contribution >= 0.6 is 0 Å². The maximum Gasteiger partial charge on any atom is 0.407 e. The smallest absolute Gasteiger partial charge is 0.407 e. The first-order valence-corrected chi connectivity index (χ1v) is 8.52. The highest BCUT2D eigenvalue weighted by molar-refractivity contribution is 5.91. The molecule has 1 spiro atoms. The van der Waals surface area contributed by atoms with Crippen LogP contribution in [0.15, 0.2) is 30.3 Å². The second-order valence-electron chi connectivity index (χ2n) is 6.66. The van der Waals surface area contributed by atoms with E-state index in [4.69, 9.17) is 5.21 Å². The van der Waals surface area contributed by atoms with Gasteiger partial charge in [-0.15, -0.1) is 0 Å². The minimum atomic E-state index is -0.839. The van der Waals surface area contributed by atoms with E-state index in [0.717, 1.165) is 43.5 Å². The number of nitrogens with one attached hydrogen (secondary N) is 1. The molecular weight excluding hydrogens is 322 g/mol. The highest BCUT2D eigenvalue weighted by Crippen LogP contribution is 2.39. The maximum absolute atomic E-state index is 11.7. The van der Waals surface area contributed by atoms with Crippen molar-refractivity contribution in [2.45, 2.75) is 31.2 Å². The predicted octanol–water partition coefficient (Wildman–Crippen LogP) is 2.32. The maximum atomic E-state index is 11.7. The Labute approximate surface area is 146 Å². The van der Waals surface area contributed by atoms with E-state index in [0.29, 0.717) is 13.1 Å². The lowest BCUT2D eigenvalue weighted by Gasteiger charge is -2.43. The minimum Gasteiger partial charge on any atom is -0.465 e. The van der Waals surface area contributed by atoms with E-state index in [1.165, 1.54) is 6.08 Å². The van der Waals surface area contributed by atoms with Gasteiger partial charge < -0.3 is 14.9 Å². The van der Waals surface area contributed by atoms with Gasteiger partial charge in [-0.2, -0.15) is 0 Å². The summed E-state index contributed by atoms with van der Waals surface area (Å²) in [4.78, 5) is 26.7. The Kier molecular flexibility index (Phi) is 4.94. The Morgan fingerprint density at radius 3 is 2.72 bits per heavy atom. The number of carboxylic acid groups (broad SMARTS) is 1. The summed E-state index contributed by atoms with van der Waals surface area (Å²) in [6, 6.07) is 7.69. The first-order valence-electron chi connectivity index (χ1n) is 8.52. The number of benzene rings is 1. The number of amides is 2. The van der Waals surface area contributed by atoms with Gasteiger partial charge in [0.25, 0.3) is 5.91 Å². The van der Waals surface area contributed by atoms with Gasteiger partial charge in [0.05, 0.1) is 5.54 Å². The van der Waals surface area contributed by atoms with Gasteiger partial charge in [0.15, 0.2) is 0 Å². The monoisotopic (exact) mass is 345 g/mol. The zero-order chi connectivity index (χ0) is 17.9. The average molecular weight is 345 g/mol. The SMILES string of the molecule is O=C(C=Cc1ccccc1N1CCC2(CCCCN2C(=O)O)C1)NO. The van der Waals surface area contributed by atoms with E-state index in [9.17, 15) is 14.7 Å². The highest BCUT2D eigenvalue weighted by atomic mass is 16.5. The summed E-state index contributed by atoms with van der Waals surface area (Å²) in [6.45, 7) is 2.04. The number of piperidine rings is 1. The molecule has 1 unspecified atom stereocenters. The first kappa shape index (κ1) is 17.3. The molecule has 1 aromatic carbocycles. The van der Waals surface area contributed by atoms with Crippen LogP contribution in [0.3, 0.4) is 0 Å². The van der Waals surface area contributed by atoms with Gasteiger partial charge in [0.2, 0.25) is 0 Å². The van der Waals surface area contributed by atoms with Crippen LogP contribution < -0.4 is 10.4 Å². The number of para-hydroxylation sites is 1. The van der Waals surface area contributed by atoms with Crippen molar-refractivity contribution in [3.05, 3.63) is 35.9 Å². The van der Waals surface area contributed by atoms with Crippen molar-refractivity contribution in [1.82, 2.24) is 10.4 Å². The van der Waals surface area contributed by atoms with E-state index < -0.39 is 12.0 Å². The van der Waals surface area contributed by atoms with Gasteiger partial charge >= 0.3 is 6.09 Å². The lowest BCUT2D eigenvalue weighted by atomic mass is 9.86. The summed E-state index contributed by atoms with van der Waals surface area (Å²) in [7, 11) is 0. The third kappa shape index (κ3) is 3.46. The zero-order valence-corrected chi connectivity index (χ0v) is 14.0. The fourth-order valence-electron chi connectivity index (χ4n) is 4.00. The summed E-state index contributed by atoms with van der Waals surface area (Å²) >= 11 is 0. The van der Waals surface area contributed by atoms with Crippen LogP contribution in [0.5, 0.6) is 0 Å². The summed E-state index contributed by atoms with van der Waals surface area (Å²) in [5.41, 5.74) is 3.09. The first-order chi connectivity index (χ1) is 12.1. The Hall–Kier alpha value is -2.54. The number of hydroxylamine groups is 1. The molecule has 0 aromatic heterocycles. The number of nitrogens with zero attached hydrogens (tertiary/aromatic N) is 2. The fraction of sp³-hybridized carbons (Fsp3) is 0.444. The van der Waals surface area contributed by atoms with Crippen LogP contribution in [0.4, 0.5) is 10.5 Å². The second kappa shape index (κ2) is 7.14. The summed E-state index contributed by atoms with van der Waals surface area (Å²) < 4.78 is 0. The minimum absolute atomic E-state index is 0.316. The molecule has 2 aliphatic rings. The lowest BCUT2D eigenvalue weighted by molar-refractivity contribution is -0.124. The molecule has 7 nitrogen and oxygen atoms in total. The molecule has 2 aliphatic heterocycles. The summed E-state index contributed by atoms with van der Waals surface area (Å²) in [5, 5.41) is 18.2. The summed E-state index contributed by atoms with van der Waals surface area (Å²) in [6.07, 6.45) is 5.76. The normalized spacial score (nSPS) is 23.4. The van der Waals surface area contributed by atoms with Gasteiger partial charge in [-0.3, -0.25) is 10.0 Å². The topological polar surface area (TPSA) is 93.1 Å². The van der Waals surface area contributed by atoms with Crippen LogP contribution in [0.25, 0.3) is 6.08 Å². The zero-order valence-electron chi connectivity index (χ0n) is 14.0. The Bertz CT molecular complexity index is 691. The molecule has 2 amide bonds. The molecule has 25 heavy (non-hydrogen) atoms. The van der Waals surface area contributed by atoms with Crippen molar-refractivity contribution >= 4 is 23.8 Å². The molecule has 2 fully saturated rings. The molecule has 7 heteroatoms. The number of rotatable bonds is 3. The third-order valence-electron chi connectivity index (χ3n) is 5.21. The molecule has 0 aliphatic carbocycles. The number of likely N-dealkylation sites (tertiary alicyclic amines) is 1. The van der Waals surface area contributed by atoms with Crippen molar-refractivity contribution in [3.63, 3.8) is 0 Å². The number of carbonyl (C=O) groups excluding carboxylic acids is 1. The average Bonchev–Trinajstić information content (AvgIpc) is 3.04. The number of hydrogen-bond acceptors (Lipinski definition) is 4. The van der Waals surface area contributed by atoms with Crippen molar-refractivity contribution in [2.24, 2.45) is 0 Å². The molecule has 0 radical (unpaired) electrons. The number of anilines is 1. The van der Waals surface area contributed by atoms with Crippen LogP contribution in [-0.2, 0) is 4.79 Å². The largest absolute Gasteiger partial charge is 0.465 e. The number of carbonyl (C=O) groups is 2. The Morgan fingerprint density at radius 1 is 1.16 bits per heavy atom. The van der Waals surface area contributed by atoms with E-state index in [1.54, 1.807) is 16.5 Å². The molecule has 0 saturated carbocycles. The quantitative estimate of drug-likeness (QED) is 0.444. The molecule has 134 valence electrons.